The van der Waals surface area contributed by atoms with Crippen LogP contribution in [0.1, 0.15) is 43.4 Å². The third-order valence-corrected chi connectivity index (χ3v) is 11.8. The molecule has 0 saturated carbocycles. The average molecular weight is 696 g/mol. The van der Waals surface area contributed by atoms with E-state index in [1.54, 1.807) is 0 Å². The van der Waals surface area contributed by atoms with Crippen LogP contribution in [0.5, 0.6) is 0 Å². The highest BCUT2D eigenvalue weighted by atomic mass is 16.3. The number of allylic oxidation sites excluding steroid dienone is 4. The summed E-state index contributed by atoms with van der Waals surface area (Å²) in [7, 11) is 0. The maximum atomic E-state index is 6.59. The zero-order valence-corrected chi connectivity index (χ0v) is 30.3. The zero-order valence-electron chi connectivity index (χ0n) is 30.3. The van der Waals surface area contributed by atoms with Crippen LogP contribution in [0.15, 0.2) is 178 Å². The lowest BCUT2D eigenvalue weighted by Crippen LogP contribution is -2.20. The van der Waals surface area contributed by atoms with Crippen molar-refractivity contribution in [3.05, 3.63) is 186 Å². The van der Waals surface area contributed by atoms with Crippen LogP contribution < -0.4 is 4.90 Å². The molecule has 0 amide bonds. The van der Waals surface area contributed by atoms with Crippen LogP contribution in [0.4, 0.5) is 11.4 Å². The molecule has 0 bridgehead atoms. The molecule has 0 saturated heterocycles. The highest BCUT2D eigenvalue weighted by Gasteiger charge is 2.38. The Bertz CT molecular complexity index is 3010. The molecule has 9 aromatic rings. The topological polar surface area (TPSA) is 29.5 Å². The number of hydrogen-bond acceptors (Lipinski definition) is 3. The van der Waals surface area contributed by atoms with Crippen molar-refractivity contribution in [2.75, 3.05) is 4.90 Å². The lowest BCUT2D eigenvalue weighted by Gasteiger charge is -2.31. The Kier molecular flexibility index (Phi) is 6.72. The first-order chi connectivity index (χ1) is 26.5. The van der Waals surface area contributed by atoms with E-state index in [1.165, 1.54) is 44.5 Å². The quantitative estimate of drug-likeness (QED) is 0.179. The third-order valence-electron chi connectivity index (χ3n) is 11.8. The minimum atomic E-state index is -0.198. The smallest absolute Gasteiger partial charge is 0.143 e. The number of benzene rings is 7. The number of rotatable bonds is 5. The normalized spacial score (nSPS) is 14.7. The van der Waals surface area contributed by atoms with Gasteiger partial charge in [-0.2, -0.15) is 0 Å². The van der Waals surface area contributed by atoms with Crippen molar-refractivity contribution in [2.45, 2.75) is 32.1 Å². The average Bonchev–Trinajstić information content (AvgIpc) is 3.87. The summed E-state index contributed by atoms with van der Waals surface area (Å²) < 4.78 is 13.0. The van der Waals surface area contributed by atoms with E-state index in [0.717, 1.165) is 73.8 Å². The number of fused-ring (bicyclic) bond motifs is 10. The monoisotopic (exact) mass is 695 g/mol. The SMILES string of the molecule is CC1(C)c2cc(N(C3=CC=C(c4ccccc4)CC3)c3ccc(-c4cccc5c4oc4ccccc45)cc3)ccc2-c2c1ccc1c2oc2ccccc21. The summed E-state index contributed by atoms with van der Waals surface area (Å²) in [6.07, 6.45) is 6.54. The molecule has 0 fully saturated rings. The number of nitrogens with zero attached hydrogens (tertiary/aromatic N) is 1. The molecule has 0 radical (unpaired) electrons. The van der Waals surface area contributed by atoms with E-state index in [2.05, 4.69) is 164 Å². The molecule has 3 heteroatoms. The number of anilines is 2. The van der Waals surface area contributed by atoms with Gasteiger partial charge >= 0.3 is 0 Å². The van der Waals surface area contributed by atoms with Gasteiger partial charge in [0.1, 0.15) is 22.3 Å². The Balaban J connectivity index is 1.05. The van der Waals surface area contributed by atoms with Gasteiger partial charge < -0.3 is 13.7 Å². The van der Waals surface area contributed by atoms with Gasteiger partial charge in [0.25, 0.3) is 0 Å². The van der Waals surface area contributed by atoms with Crippen molar-refractivity contribution in [3.8, 4) is 22.3 Å². The largest absolute Gasteiger partial charge is 0.455 e. The molecule has 3 nitrogen and oxygen atoms in total. The highest BCUT2D eigenvalue weighted by molar-refractivity contribution is 6.12. The molecule has 11 rings (SSSR count). The summed E-state index contributed by atoms with van der Waals surface area (Å²) in [5.41, 5.74) is 17.1. The second-order valence-electron chi connectivity index (χ2n) is 15.2. The Morgan fingerprint density at radius 2 is 1.15 bits per heavy atom. The van der Waals surface area contributed by atoms with E-state index >= 15 is 0 Å². The first-order valence-electron chi connectivity index (χ1n) is 18.9. The second-order valence-corrected chi connectivity index (χ2v) is 15.2. The summed E-state index contributed by atoms with van der Waals surface area (Å²) in [6, 6.07) is 54.5. The molecule has 0 N–H and O–H groups in total. The van der Waals surface area contributed by atoms with Crippen LogP contribution >= 0.6 is 0 Å². The molecule has 2 aliphatic carbocycles. The van der Waals surface area contributed by atoms with Gasteiger partial charge in [-0.15, -0.1) is 0 Å². The summed E-state index contributed by atoms with van der Waals surface area (Å²) in [4.78, 5) is 2.46. The van der Waals surface area contributed by atoms with Gasteiger partial charge in [0.15, 0.2) is 0 Å². The fraction of sp³-hybridized carbons (Fsp3) is 0.0980. The van der Waals surface area contributed by atoms with Gasteiger partial charge in [-0.25, -0.2) is 0 Å². The van der Waals surface area contributed by atoms with E-state index in [4.69, 9.17) is 8.83 Å². The first kappa shape index (κ1) is 31.0. The lowest BCUT2D eigenvalue weighted by atomic mass is 9.82. The molecule has 2 aromatic heterocycles. The van der Waals surface area contributed by atoms with E-state index in [9.17, 15) is 0 Å². The van der Waals surface area contributed by atoms with Crippen molar-refractivity contribution in [3.63, 3.8) is 0 Å². The Hall–Kier alpha value is -6.58. The molecule has 0 atom stereocenters. The molecule has 0 unspecified atom stereocenters. The van der Waals surface area contributed by atoms with E-state index < -0.39 is 0 Å². The van der Waals surface area contributed by atoms with Crippen LogP contribution in [0.25, 0.3) is 71.7 Å². The van der Waals surface area contributed by atoms with Crippen LogP contribution in [0.2, 0.25) is 0 Å². The van der Waals surface area contributed by atoms with Crippen molar-refractivity contribution >= 4 is 60.8 Å². The predicted octanol–water partition coefficient (Wildman–Crippen LogP) is 14.4. The van der Waals surface area contributed by atoms with E-state index in [-0.39, 0.29) is 5.41 Å². The standard InChI is InChI=1S/C51H37NO2/c1-51(2)44-30-29-42-40-14-7-9-18-47(40)54-50(42)48(44)43-28-27-37(31-45(43)51)52(35-23-19-33(20-24-35)32-11-4-3-5-12-32)36-25-21-34(22-26-36)38-15-10-16-41-39-13-6-8-17-46(39)53-49(38)41/h3-19,21-23,25-31H,20,24H2,1-2H3. The number of furan rings is 2. The maximum absolute atomic E-state index is 6.59. The van der Waals surface area contributed by atoms with Crippen LogP contribution in [0.3, 0.4) is 0 Å². The minimum absolute atomic E-state index is 0.198. The Labute approximate surface area is 314 Å². The molecule has 7 aromatic carbocycles. The zero-order chi connectivity index (χ0) is 36.0. The molecule has 258 valence electrons. The molecule has 54 heavy (non-hydrogen) atoms. The van der Waals surface area contributed by atoms with Gasteiger partial charge in [-0.3, -0.25) is 0 Å². The molecule has 0 spiro atoms. The fourth-order valence-electron chi connectivity index (χ4n) is 9.08. The van der Waals surface area contributed by atoms with Gasteiger partial charge in [0.05, 0.1) is 0 Å². The second kappa shape index (κ2) is 11.7. The Morgan fingerprint density at radius 3 is 1.89 bits per heavy atom. The first-order valence-corrected chi connectivity index (χ1v) is 18.9. The van der Waals surface area contributed by atoms with Crippen LogP contribution in [-0.4, -0.2) is 0 Å². The van der Waals surface area contributed by atoms with Gasteiger partial charge in [-0.05, 0) is 88.7 Å². The molecule has 2 heterocycles. The molecular formula is C51H37NO2. The lowest BCUT2D eigenvalue weighted by molar-refractivity contribution is 0.653. The summed E-state index contributed by atoms with van der Waals surface area (Å²) in [5.74, 6) is 0. The highest BCUT2D eigenvalue weighted by Crippen LogP contribution is 2.54. The minimum Gasteiger partial charge on any atom is -0.455 e. The molecule has 0 aliphatic heterocycles. The van der Waals surface area contributed by atoms with Gasteiger partial charge in [0, 0.05) is 55.2 Å². The van der Waals surface area contributed by atoms with Crippen LogP contribution in [0, 0.1) is 0 Å². The van der Waals surface area contributed by atoms with Crippen molar-refractivity contribution in [2.24, 2.45) is 0 Å². The summed E-state index contributed by atoms with van der Waals surface area (Å²) >= 11 is 0. The van der Waals surface area contributed by atoms with Gasteiger partial charge in [-0.1, -0.05) is 135 Å². The van der Waals surface area contributed by atoms with Crippen molar-refractivity contribution in [1.82, 2.24) is 0 Å². The number of para-hydroxylation sites is 3. The van der Waals surface area contributed by atoms with Gasteiger partial charge in [0.2, 0.25) is 0 Å². The predicted molar refractivity (Wildman–Crippen MR) is 224 cm³/mol. The molecule has 2 aliphatic rings. The summed E-state index contributed by atoms with van der Waals surface area (Å²) in [5, 5.41) is 4.62. The van der Waals surface area contributed by atoms with Crippen molar-refractivity contribution in [1.29, 1.82) is 0 Å². The van der Waals surface area contributed by atoms with Crippen LogP contribution in [-0.2, 0) is 5.41 Å². The van der Waals surface area contributed by atoms with E-state index in [1.807, 2.05) is 18.2 Å². The summed E-state index contributed by atoms with van der Waals surface area (Å²) in [6.45, 7) is 4.70. The third kappa shape index (κ3) is 4.61. The Morgan fingerprint density at radius 1 is 0.481 bits per heavy atom. The fourth-order valence-corrected chi connectivity index (χ4v) is 9.08. The number of hydrogen-bond donors (Lipinski definition) is 0. The maximum Gasteiger partial charge on any atom is 0.143 e. The molecular weight excluding hydrogens is 659 g/mol. The van der Waals surface area contributed by atoms with E-state index in [0.29, 0.717) is 0 Å². The van der Waals surface area contributed by atoms with Crippen molar-refractivity contribution < 1.29 is 8.83 Å².